The molecule has 0 spiro atoms. The number of rotatable bonds is 3. The highest BCUT2D eigenvalue weighted by molar-refractivity contribution is 6.31. The summed E-state index contributed by atoms with van der Waals surface area (Å²) in [6, 6.07) is 7.48. The number of carbonyl (C=O) groups is 1. The van der Waals surface area contributed by atoms with E-state index in [2.05, 4.69) is 0 Å². The van der Waals surface area contributed by atoms with E-state index in [1.54, 1.807) is 13.8 Å². The molecule has 1 aromatic carbocycles. The molecule has 2 rings (SSSR count). The molecule has 0 radical (unpaired) electrons. The molecule has 19 heavy (non-hydrogen) atoms. The van der Waals surface area contributed by atoms with Crippen LogP contribution in [0.4, 0.5) is 0 Å². The third-order valence-electron chi connectivity index (χ3n) is 3.00. The SMILES string of the molecule is COC(=O)C1OC(C)(C)OC1Cc1ccccc1Cl. The Morgan fingerprint density at radius 3 is 2.68 bits per heavy atom. The van der Waals surface area contributed by atoms with E-state index in [1.165, 1.54) is 7.11 Å². The van der Waals surface area contributed by atoms with Gasteiger partial charge in [0, 0.05) is 11.4 Å². The summed E-state index contributed by atoms with van der Waals surface area (Å²) >= 11 is 6.12. The van der Waals surface area contributed by atoms with Crippen LogP contribution in [0.5, 0.6) is 0 Å². The van der Waals surface area contributed by atoms with Gasteiger partial charge in [0.05, 0.1) is 7.11 Å². The highest BCUT2D eigenvalue weighted by Gasteiger charge is 2.45. The van der Waals surface area contributed by atoms with E-state index < -0.39 is 24.0 Å². The van der Waals surface area contributed by atoms with Crippen LogP contribution in [0.2, 0.25) is 5.02 Å². The molecule has 0 aliphatic carbocycles. The molecule has 1 aromatic rings. The summed E-state index contributed by atoms with van der Waals surface area (Å²) in [7, 11) is 1.34. The van der Waals surface area contributed by atoms with Crippen molar-refractivity contribution in [2.45, 2.75) is 38.3 Å². The Hall–Kier alpha value is -1.10. The van der Waals surface area contributed by atoms with E-state index >= 15 is 0 Å². The molecule has 1 aliphatic heterocycles. The van der Waals surface area contributed by atoms with Crippen LogP contribution in [0.1, 0.15) is 19.4 Å². The summed E-state index contributed by atoms with van der Waals surface area (Å²) < 4.78 is 16.1. The Morgan fingerprint density at radius 2 is 2.05 bits per heavy atom. The standard InChI is InChI=1S/C14H17ClO4/c1-14(2)18-11(12(19-14)13(16)17-3)8-9-6-4-5-7-10(9)15/h4-7,11-12H,8H2,1-3H3. The van der Waals surface area contributed by atoms with Gasteiger partial charge in [-0.15, -0.1) is 0 Å². The first-order valence-corrected chi connectivity index (χ1v) is 6.47. The monoisotopic (exact) mass is 284 g/mol. The molecule has 1 saturated heterocycles. The van der Waals surface area contributed by atoms with Gasteiger partial charge in [0.25, 0.3) is 0 Å². The largest absolute Gasteiger partial charge is 0.467 e. The molecule has 1 heterocycles. The van der Waals surface area contributed by atoms with Crippen molar-refractivity contribution in [1.29, 1.82) is 0 Å². The molecule has 0 bridgehead atoms. The maximum Gasteiger partial charge on any atom is 0.337 e. The number of benzene rings is 1. The topological polar surface area (TPSA) is 44.8 Å². The van der Waals surface area contributed by atoms with Gasteiger partial charge in [-0.1, -0.05) is 29.8 Å². The van der Waals surface area contributed by atoms with Gasteiger partial charge in [-0.05, 0) is 25.5 Å². The molecule has 1 fully saturated rings. The van der Waals surface area contributed by atoms with Crippen LogP contribution in [-0.4, -0.2) is 31.1 Å². The summed E-state index contributed by atoms with van der Waals surface area (Å²) in [5.41, 5.74) is 0.921. The lowest BCUT2D eigenvalue weighted by molar-refractivity contribution is -0.168. The van der Waals surface area contributed by atoms with E-state index in [0.29, 0.717) is 11.4 Å². The van der Waals surface area contributed by atoms with Crippen molar-refractivity contribution < 1.29 is 19.0 Å². The van der Waals surface area contributed by atoms with Crippen molar-refractivity contribution in [3.8, 4) is 0 Å². The molecule has 5 heteroatoms. The molecule has 2 atom stereocenters. The second-order valence-corrected chi connectivity index (χ2v) is 5.32. The third-order valence-corrected chi connectivity index (χ3v) is 3.36. The van der Waals surface area contributed by atoms with Crippen molar-refractivity contribution in [3.05, 3.63) is 34.9 Å². The van der Waals surface area contributed by atoms with Crippen LogP contribution < -0.4 is 0 Å². The molecular formula is C14H17ClO4. The Kier molecular flexibility index (Phi) is 4.13. The first-order valence-electron chi connectivity index (χ1n) is 6.10. The number of ether oxygens (including phenoxy) is 3. The lowest BCUT2D eigenvalue weighted by Crippen LogP contribution is -2.34. The zero-order chi connectivity index (χ0) is 14.0. The molecule has 0 amide bonds. The van der Waals surface area contributed by atoms with Crippen LogP contribution >= 0.6 is 11.6 Å². The fourth-order valence-electron chi connectivity index (χ4n) is 2.18. The molecule has 4 nitrogen and oxygen atoms in total. The van der Waals surface area contributed by atoms with E-state index in [-0.39, 0.29) is 0 Å². The Morgan fingerprint density at radius 1 is 1.37 bits per heavy atom. The highest BCUT2D eigenvalue weighted by atomic mass is 35.5. The normalized spacial score (nSPS) is 25.3. The number of hydrogen-bond acceptors (Lipinski definition) is 4. The average Bonchev–Trinajstić information content (AvgIpc) is 2.66. The molecule has 2 unspecified atom stereocenters. The van der Waals surface area contributed by atoms with Crippen LogP contribution in [0.15, 0.2) is 24.3 Å². The lowest BCUT2D eigenvalue weighted by Gasteiger charge is -2.17. The van der Waals surface area contributed by atoms with Gasteiger partial charge in [0.1, 0.15) is 6.10 Å². The second-order valence-electron chi connectivity index (χ2n) is 4.91. The quantitative estimate of drug-likeness (QED) is 0.800. The minimum Gasteiger partial charge on any atom is -0.467 e. The molecule has 104 valence electrons. The van der Waals surface area contributed by atoms with E-state index in [1.807, 2.05) is 24.3 Å². The summed E-state index contributed by atoms with van der Waals surface area (Å²) in [5.74, 6) is -1.23. The van der Waals surface area contributed by atoms with Gasteiger partial charge < -0.3 is 14.2 Å². The molecule has 1 aliphatic rings. The summed E-state index contributed by atoms with van der Waals surface area (Å²) in [4.78, 5) is 11.7. The van der Waals surface area contributed by atoms with E-state index in [9.17, 15) is 4.79 Å². The molecular weight excluding hydrogens is 268 g/mol. The molecule has 0 N–H and O–H groups in total. The zero-order valence-corrected chi connectivity index (χ0v) is 11.9. The Balaban J connectivity index is 2.18. The zero-order valence-electron chi connectivity index (χ0n) is 11.2. The number of hydrogen-bond donors (Lipinski definition) is 0. The van der Waals surface area contributed by atoms with Crippen molar-refractivity contribution in [2.75, 3.05) is 7.11 Å². The van der Waals surface area contributed by atoms with Gasteiger partial charge in [0.15, 0.2) is 11.9 Å². The second kappa shape index (κ2) is 5.49. The summed E-state index contributed by atoms with van der Waals surface area (Å²) in [6.07, 6.45) is -0.623. The van der Waals surface area contributed by atoms with Gasteiger partial charge in [0.2, 0.25) is 0 Å². The third kappa shape index (κ3) is 3.26. The number of esters is 1. The summed E-state index contributed by atoms with van der Waals surface area (Å²) in [5, 5.41) is 0.652. The highest BCUT2D eigenvalue weighted by Crippen LogP contribution is 2.32. The van der Waals surface area contributed by atoms with Crippen LogP contribution in [-0.2, 0) is 25.4 Å². The Labute approximate surface area is 117 Å². The van der Waals surface area contributed by atoms with Crippen molar-refractivity contribution in [3.63, 3.8) is 0 Å². The van der Waals surface area contributed by atoms with Crippen molar-refractivity contribution in [1.82, 2.24) is 0 Å². The molecule has 0 saturated carbocycles. The fourth-order valence-corrected chi connectivity index (χ4v) is 2.39. The van der Waals surface area contributed by atoms with Crippen LogP contribution in [0.25, 0.3) is 0 Å². The lowest BCUT2D eigenvalue weighted by atomic mass is 10.0. The van der Waals surface area contributed by atoms with Crippen LogP contribution in [0, 0.1) is 0 Å². The minimum atomic E-state index is -0.801. The summed E-state index contributed by atoms with van der Waals surface area (Å²) in [6.45, 7) is 3.55. The predicted octanol–water partition coefficient (Wildman–Crippen LogP) is 2.58. The number of carbonyl (C=O) groups excluding carboxylic acids is 1. The van der Waals surface area contributed by atoms with Gasteiger partial charge in [-0.25, -0.2) is 4.79 Å². The Bertz CT molecular complexity index is 472. The van der Waals surface area contributed by atoms with Crippen LogP contribution in [0.3, 0.4) is 0 Å². The predicted molar refractivity (Wildman–Crippen MR) is 71.0 cm³/mol. The number of methoxy groups -OCH3 is 1. The first-order chi connectivity index (χ1) is 8.93. The van der Waals surface area contributed by atoms with Gasteiger partial charge >= 0.3 is 5.97 Å². The molecule has 0 aromatic heterocycles. The average molecular weight is 285 g/mol. The smallest absolute Gasteiger partial charge is 0.337 e. The number of halogens is 1. The van der Waals surface area contributed by atoms with E-state index in [4.69, 9.17) is 25.8 Å². The van der Waals surface area contributed by atoms with E-state index in [0.717, 1.165) is 5.56 Å². The maximum atomic E-state index is 11.7. The fraction of sp³-hybridized carbons (Fsp3) is 0.500. The van der Waals surface area contributed by atoms with Crippen molar-refractivity contribution in [2.24, 2.45) is 0 Å². The maximum absolute atomic E-state index is 11.7. The van der Waals surface area contributed by atoms with Gasteiger partial charge in [-0.3, -0.25) is 0 Å². The van der Waals surface area contributed by atoms with Gasteiger partial charge in [-0.2, -0.15) is 0 Å². The van der Waals surface area contributed by atoms with Crippen molar-refractivity contribution >= 4 is 17.6 Å². The minimum absolute atomic E-state index is 0.401. The first kappa shape index (κ1) is 14.3.